The molecule has 9 nitrogen and oxygen atoms in total. The quantitative estimate of drug-likeness (QED) is 0.616. The molecule has 2 N–H and O–H groups in total. The van der Waals surface area contributed by atoms with E-state index in [-0.39, 0.29) is 28.8 Å². The van der Waals surface area contributed by atoms with Crippen LogP contribution in [-0.2, 0) is 17.7 Å². The second kappa shape index (κ2) is 9.28. The maximum Gasteiger partial charge on any atom is 0.335 e. The Morgan fingerprint density at radius 1 is 1.00 bits per heavy atom. The number of H-pyrrole nitrogens is 1. The molecule has 1 aromatic heterocycles. The van der Waals surface area contributed by atoms with E-state index in [1.807, 2.05) is 0 Å². The number of aromatic nitrogens is 2. The third-order valence-electron chi connectivity index (χ3n) is 6.77. The largest absolute Gasteiger partial charge is 0.414 e. The van der Waals surface area contributed by atoms with E-state index in [0.29, 0.717) is 0 Å². The highest BCUT2D eigenvalue weighted by molar-refractivity contribution is 6.83. The van der Waals surface area contributed by atoms with Gasteiger partial charge in [0, 0.05) is 12.3 Å². The van der Waals surface area contributed by atoms with Crippen LogP contribution in [0.2, 0.25) is 22.2 Å². The van der Waals surface area contributed by atoms with E-state index in [1.54, 1.807) is 0 Å². The van der Waals surface area contributed by atoms with E-state index in [1.165, 1.54) is 16.8 Å². The van der Waals surface area contributed by atoms with Gasteiger partial charge in [-0.15, -0.1) is 0 Å². The molecule has 11 heteroatoms. The van der Waals surface area contributed by atoms with Crippen molar-refractivity contribution in [3.8, 4) is 0 Å². The molecule has 3 heterocycles. The Bertz CT molecular complexity index is 898. The zero-order valence-corrected chi connectivity index (χ0v) is 22.3. The van der Waals surface area contributed by atoms with Crippen molar-refractivity contribution in [2.24, 2.45) is 0 Å². The molecule has 0 bridgehead atoms. The van der Waals surface area contributed by atoms with Crippen molar-refractivity contribution in [3.05, 3.63) is 33.1 Å². The van der Waals surface area contributed by atoms with Gasteiger partial charge in [0.15, 0.2) is 6.23 Å². The Kier molecular flexibility index (Phi) is 7.40. The smallest absolute Gasteiger partial charge is 0.335 e. The van der Waals surface area contributed by atoms with Crippen LogP contribution in [0.4, 0.5) is 0 Å². The number of aromatic amines is 1. The minimum atomic E-state index is -2.91. The number of aliphatic hydroxyl groups excluding tert-OH is 1. The van der Waals surface area contributed by atoms with Crippen LogP contribution in [0.1, 0.15) is 61.6 Å². The highest BCUT2D eigenvalue weighted by Crippen LogP contribution is 2.48. The first kappa shape index (κ1) is 25.5. The van der Waals surface area contributed by atoms with E-state index in [2.05, 4.69) is 60.4 Å². The molecule has 0 spiro atoms. The average Bonchev–Trinajstić information content (AvgIpc) is 2.96. The number of hydrogen-bond donors (Lipinski definition) is 2. The first-order chi connectivity index (χ1) is 14.9. The number of nitrogens with one attached hydrogen (secondary N) is 1. The van der Waals surface area contributed by atoms with E-state index < -0.39 is 52.9 Å². The first-order valence-electron chi connectivity index (χ1n) is 11.5. The summed E-state index contributed by atoms with van der Waals surface area (Å²) in [7, 11) is -5.63. The molecule has 4 atom stereocenters. The van der Waals surface area contributed by atoms with Gasteiger partial charge in [-0.3, -0.25) is 14.3 Å². The number of aliphatic hydroxyl groups is 1. The molecule has 2 aliphatic heterocycles. The lowest BCUT2D eigenvalue weighted by molar-refractivity contribution is -0.0600. The molecule has 3 rings (SSSR count). The molecule has 1 unspecified atom stereocenters. The molecule has 0 aliphatic carbocycles. The van der Waals surface area contributed by atoms with Crippen LogP contribution in [0.25, 0.3) is 0 Å². The predicted octanol–water partition coefficient (Wildman–Crippen LogP) is 2.75. The lowest BCUT2D eigenvalue weighted by Gasteiger charge is -2.51. The van der Waals surface area contributed by atoms with Crippen molar-refractivity contribution >= 4 is 17.1 Å². The topological polar surface area (TPSA) is 112 Å². The van der Waals surface area contributed by atoms with Crippen molar-refractivity contribution in [3.63, 3.8) is 0 Å². The molecule has 2 aliphatic rings. The molecule has 0 amide bonds. The summed E-state index contributed by atoms with van der Waals surface area (Å²) in [5, 5.41) is 11.2. The molecule has 0 aromatic carbocycles. The van der Waals surface area contributed by atoms with Gasteiger partial charge in [-0.05, 0) is 22.2 Å². The molecule has 182 valence electrons. The van der Waals surface area contributed by atoms with Crippen LogP contribution in [0.3, 0.4) is 0 Å². The third-order valence-corrected chi connectivity index (χ3v) is 17.0. The fourth-order valence-corrected chi connectivity index (χ4v) is 16.2. The summed E-state index contributed by atoms with van der Waals surface area (Å²) in [6.45, 7) is 17.2. The summed E-state index contributed by atoms with van der Waals surface area (Å²) >= 11 is 0. The molecule has 0 radical (unpaired) electrons. The summed E-state index contributed by atoms with van der Waals surface area (Å²) < 4.78 is 27.9. The molecular weight excluding hydrogens is 448 g/mol. The van der Waals surface area contributed by atoms with Crippen molar-refractivity contribution in [2.75, 3.05) is 6.61 Å². The van der Waals surface area contributed by atoms with Crippen LogP contribution in [0.15, 0.2) is 21.9 Å². The van der Waals surface area contributed by atoms with Gasteiger partial charge in [-0.25, -0.2) is 4.79 Å². The number of nitrogens with zero attached hydrogens (tertiary/aromatic N) is 1. The van der Waals surface area contributed by atoms with E-state index >= 15 is 0 Å². The Balaban J connectivity index is 2.08. The number of hydrogen-bond acceptors (Lipinski definition) is 7. The molecule has 2 saturated heterocycles. The summed E-state index contributed by atoms with van der Waals surface area (Å²) in [4.78, 5) is 26.1. The van der Waals surface area contributed by atoms with Crippen molar-refractivity contribution in [1.29, 1.82) is 0 Å². The van der Waals surface area contributed by atoms with E-state index in [9.17, 15) is 14.7 Å². The molecule has 2 fully saturated rings. The average molecular weight is 487 g/mol. The predicted molar refractivity (Wildman–Crippen MR) is 125 cm³/mol. The maximum absolute atomic E-state index is 12.4. The van der Waals surface area contributed by atoms with Crippen LogP contribution in [0, 0.1) is 0 Å². The fraction of sp³-hybridized carbons (Fsp3) is 0.810. The molecule has 1 aromatic rings. The minimum Gasteiger partial charge on any atom is -0.414 e. The number of ether oxygens (including phenoxy) is 1. The van der Waals surface area contributed by atoms with E-state index in [0.717, 1.165) is 0 Å². The highest BCUT2D eigenvalue weighted by atomic mass is 28.5. The highest BCUT2D eigenvalue weighted by Gasteiger charge is 2.61. The monoisotopic (exact) mass is 486 g/mol. The van der Waals surface area contributed by atoms with E-state index in [4.69, 9.17) is 17.7 Å². The van der Waals surface area contributed by atoms with Gasteiger partial charge in [0.1, 0.15) is 18.3 Å². The summed E-state index contributed by atoms with van der Waals surface area (Å²) in [6.07, 6.45) is -2.04. The van der Waals surface area contributed by atoms with Gasteiger partial charge >= 0.3 is 22.8 Å². The zero-order chi connectivity index (χ0) is 24.0. The molecule has 0 saturated carbocycles. The van der Waals surface area contributed by atoms with Gasteiger partial charge in [0.25, 0.3) is 5.56 Å². The Labute approximate surface area is 191 Å². The van der Waals surface area contributed by atoms with Gasteiger partial charge in [0.05, 0.1) is 6.61 Å². The van der Waals surface area contributed by atoms with Gasteiger partial charge in [0.2, 0.25) is 0 Å². The standard InChI is InChI=1S/C21H38N2O7Si2/c1-12(2)31(13(3)4)27-11-16-19(29-32(30-31,14(5)6)15(7)8)18(25)20(28-16)23-10-9-17(24)22-21(23)26/h9-10,12-16,18-20,25H,11H2,1-8H3,(H,22,24,26)/t16-,18?,19+,20-/m1/s1. The second-order valence-corrected chi connectivity index (χ2v) is 19.0. The summed E-state index contributed by atoms with van der Waals surface area (Å²) in [6, 6.07) is 1.23. The summed E-state index contributed by atoms with van der Waals surface area (Å²) in [5.74, 6) is 0. The zero-order valence-electron chi connectivity index (χ0n) is 20.3. The second-order valence-electron chi connectivity index (χ2n) is 10.1. The number of fused-ring (bicyclic) bond motifs is 1. The first-order valence-corrected chi connectivity index (χ1v) is 15.5. The minimum absolute atomic E-state index is 0.108. The third kappa shape index (κ3) is 4.24. The van der Waals surface area contributed by atoms with Crippen LogP contribution in [0.5, 0.6) is 0 Å². The van der Waals surface area contributed by atoms with Crippen LogP contribution >= 0.6 is 0 Å². The Morgan fingerprint density at radius 2 is 1.56 bits per heavy atom. The van der Waals surface area contributed by atoms with Gasteiger partial charge < -0.3 is 22.8 Å². The fourth-order valence-electron chi connectivity index (χ4n) is 4.99. The Morgan fingerprint density at radius 3 is 2.06 bits per heavy atom. The van der Waals surface area contributed by atoms with Gasteiger partial charge in [-0.2, -0.15) is 0 Å². The lowest BCUT2D eigenvalue weighted by atomic mass is 10.1. The van der Waals surface area contributed by atoms with Crippen LogP contribution < -0.4 is 11.2 Å². The number of rotatable bonds is 5. The Hall–Kier alpha value is -1.09. The molecular formula is C21H38N2O7Si2. The van der Waals surface area contributed by atoms with Crippen LogP contribution in [-0.4, -0.2) is 56.7 Å². The van der Waals surface area contributed by atoms with Crippen molar-refractivity contribution in [1.82, 2.24) is 9.55 Å². The van der Waals surface area contributed by atoms with Crippen molar-refractivity contribution in [2.45, 2.75) is 102 Å². The van der Waals surface area contributed by atoms with Crippen molar-refractivity contribution < 1.29 is 22.8 Å². The SMILES string of the molecule is CC(C)[Si]1(C(C)C)OC[C@H]2O[C@@H](n3ccc(=O)[nH]c3=O)C(O)[C@H]2O[Si](C(C)C)(C(C)C)O1. The van der Waals surface area contributed by atoms with Gasteiger partial charge in [-0.1, -0.05) is 55.4 Å². The lowest BCUT2D eigenvalue weighted by Crippen LogP contribution is -2.65. The molecule has 32 heavy (non-hydrogen) atoms. The summed E-state index contributed by atoms with van der Waals surface area (Å²) in [5.41, 5.74) is -0.551. The maximum atomic E-state index is 12.4. The normalized spacial score (nSPS) is 30.0.